The van der Waals surface area contributed by atoms with Gasteiger partial charge in [-0.05, 0) is 25.7 Å². The maximum absolute atomic E-state index is 5.63. The first-order valence-corrected chi connectivity index (χ1v) is 7.09. The van der Waals surface area contributed by atoms with Crippen LogP contribution in [0.3, 0.4) is 0 Å². The Morgan fingerprint density at radius 3 is 2.78 bits per heavy atom. The minimum absolute atomic E-state index is 0.557. The van der Waals surface area contributed by atoms with E-state index in [1.165, 1.54) is 19.3 Å². The molecule has 0 aliphatic heterocycles. The zero-order valence-electron chi connectivity index (χ0n) is 11.4. The molecule has 4 heteroatoms. The van der Waals surface area contributed by atoms with Gasteiger partial charge in [-0.15, -0.1) is 0 Å². The van der Waals surface area contributed by atoms with Crippen molar-refractivity contribution in [3.63, 3.8) is 0 Å². The van der Waals surface area contributed by atoms with Crippen LogP contribution >= 0.6 is 0 Å². The van der Waals surface area contributed by atoms with Crippen molar-refractivity contribution in [2.45, 2.75) is 51.9 Å². The van der Waals surface area contributed by atoms with Crippen molar-refractivity contribution in [3.8, 4) is 5.88 Å². The number of anilines is 1. The fourth-order valence-corrected chi connectivity index (χ4v) is 1.73. The summed E-state index contributed by atoms with van der Waals surface area (Å²) >= 11 is 0. The van der Waals surface area contributed by atoms with Gasteiger partial charge < -0.3 is 10.1 Å². The molecule has 0 atom stereocenters. The van der Waals surface area contributed by atoms with Crippen LogP contribution in [0.1, 0.15) is 57.7 Å². The Kier molecular flexibility index (Phi) is 4.79. The molecule has 1 aromatic heterocycles. The highest BCUT2D eigenvalue weighted by Gasteiger charge is 2.27. The monoisotopic (exact) mass is 249 g/mol. The third-order valence-electron chi connectivity index (χ3n) is 2.95. The Hall–Kier alpha value is -1.32. The predicted octanol–water partition coefficient (Wildman–Crippen LogP) is 3.35. The average Bonchev–Trinajstić information content (AvgIpc) is 3.21. The van der Waals surface area contributed by atoms with E-state index in [9.17, 15) is 0 Å². The quantitative estimate of drug-likeness (QED) is 0.718. The summed E-state index contributed by atoms with van der Waals surface area (Å²) in [5, 5.41) is 3.35. The summed E-state index contributed by atoms with van der Waals surface area (Å²) in [4.78, 5) is 9.06. The minimum Gasteiger partial charge on any atom is -0.478 e. The molecule has 1 fully saturated rings. The highest BCUT2D eigenvalue weighted by molar-refractivity contribution is 5.39. The van der Waals surface area contributed by atoms with E-state index in [-0.39, 0.29) is 0 Å². The summed E-state index contributed by atoms with van der Waals surface area (Å²) < 4.78 is 5.63. The standard InChI is InChI=1S/C14H23N3O/c1-3-5-8-15-12-10-13(18-9-4-2)17-14(16-12)11-6-7-11/h10-11H,3-9H2,1-2H3,(H,15,16,17). The molecule has 0 aromatic carbocycles. The molecule has 0 unspecified atom stereocenters. The van der Waals surface area contributed by atoms with Gasteiger partial charge in [-0.25, -0.2) is 4.98 Å². The largest absolute Gasteiger partial charge is 0.478 e. The predicted molar refractivity (Wildman–Crippen MR) is 73.2 cm³/mol. The van der Waals surface area contributed by atoms with E-state index in [0.717, 1.165) is 37.6 Å². The Labute approximate surface area is 109 Å². The molecule has 1 heterocycles. The summed E-state index contributed by atoms with van der Waals surface area (Å²) in [7, 11) is 0. The zero-order chi connectivity index (χ0) is 12.8. The molecule has 0 bridgehead atoms. The first-order valence-electron chi connectivity index (χ1n) is 7.09. The molecule has 2 rings (SSSR count). The Bertz CT molecular complexity index is 377. The summed E-state index contributed by atoms with van der Waals surface area (Å²) in [6, 6.07) is 1.91. The van der Waals surface area contributed by atoms with Gasteiger partial charge in [-0.3, -0.25) is 0 Å². The fraction of sp³-hybridized carbons (Fsp3) is 0.714. The third kappa shape index (κ3) is 3.86. The second-order valence-electron chi connectivity index (χ2n) is 4.85. The van der Waals surface area contributed by atoms with Crippen LogP contribution in [0.4, 0.5) is 5.82 Å². The first kappa shape index (κ1) is 13.1. The molecular formula is C14H23N3O. The van der Waals surface area contributed by atoms with Crippen LogP contribution in [-0.2, 0) is 0 Å². The Balaban J connectivity index is 2.03. The lowest BCUT2D eigenvalue weighted by Gasteiger charge is -2.10. The van der Waals surface area contributed by atoms with Crippen LogP contribution in [0.5, 0.6) is 5.88 Å². The van der Waals surface area contributed by atoms with E-state index < -0.39 is 0 Å². The van der Waals surface area contributed by atoms with Gasteiger partial charge in [0.05, 0.1) is 6.61 Å². The van der Waals surface area contributed by atoms with Crippen LogP contribution < -0.4 is 10.1 Å². The van der Waals surface area contributed by atoms with E-state index in [4.69, 9.17) is 4.74 Å². The number of unbranched alkanes of at least 4 members (excludes halogenated alkanes) is 1. The van der Waals surface area contributed by atoms with E-state index >= 15 is 0 Å². The minimum atomic E-state index is 0.557. The van der Waals surface area contributed by atoms with Gasteiger partial charge in [0.1, 0.15) is 11.6 Å². The van der Waals surface area contributed by atoms with Crippen molar-refractivity contribution in [1.82, 2.24) is 9.97 Å². The molecule has 4 nitrogen and oxygen atoms in total. The van der Waals surface area contributed by atoms with Crippen molar-refractivity contribution < 1.29 is 4.74 Å². The van der Waals surface area contributed by atoms with Gasteiger partial charge in [0, 0.05) is 18.5 Å². The van der Waals surface area contributed by atoms with E-state index in [1.807, 2.05) is 6.07 Å². The summed E-state index contributed by atoms with van der Waals surface area (Å²) in [6.07, 6.45) is 5.78. The van der Waals surface area contributed by atoms with E-state index in [1.54, 1.807) is 0 Å². The van der Waals surface area contributed by atoms with Crippen LogP contribution in [0.25, 0.3) is 0 Å². The highest BCUT2D eigenvalue weighted by atomic mass is 16.5. The molecule has 1 aromatic rings. The normalized spacial score (nSPS) is 14.6. The number of ether oxygens (including phenoxy) is 1. The van der Waals surface area contributed by atoms with Gasteiger partial charge in [-0.1, -0.05) is 20.3 Å². The van der Waals surface area contributed by atoms with Gasteiger partial charge in [0.2, 0.25) is 5.88 Å². The smallest absolute Gasteiger partial charge is 0.218 e. The number of nitrogens with one attached hydrogen (secondary N) is 1. The molecule has 0 saturated heterocycles. The summed E-state index contributed by atoms with van der Waals surface area (Å²) in [5.41, 5.74) is 0. The molecular weight excluding hydrogens is 226 g/mol. The topological polar surface area (TPSA) is 47.0 Å². The van der Waals surface area contributed by atoms with Crippen molar-refractivity contribution >= 4 is 5.82 Å². The molecule has 1 aliphatic carbocycles. The van der Waals surface area contributed by atoms with Crippen molar-refractivity contribution in [3.05, 3.63) is 11.9 Å². The second-order valence-corrected chi connectivity index (χ2v) is 4.85. The zero-order valence-corrected chi connectivity index (χ0v) is 11.4. The van der Waals surface area contributed by atoms with Crippen LogP contribution in [0.2, 0.25) is 0 Å². The first-order chi connectivity index (χ1) is 8.83. The number of rotatable bonds is 8. The van der Waals surface area contributed by atoms with Crippen molar-refractivity contribution in [2.24, 2.45) is 0 Å². The van der Waals surface area contributed by atoms with Crippen molar-refractivity contribution in [1.29, 1.82) is 0 Å². The van der Waals surface area contributed by atoms with Gasteiger partial charge in [0.25, 0.3) is 0 Å². The molecule has 0 spiro atoms. The summed E-state index contributed by atoms with van der Waals surface area (Å²) in [5.74, 6) is 3.13. The third-order valence-corrected chi connectivity index (χ3v) is 2.95. The van der Waals surface area contributed by atoms with Gasteiger partial charge >= 0.3 is 0 Å². The van der Waals surface area contributed by atoms with Gasteiger partial charge in [-0.2, -0.15) is 4.98 Å². The number of hydrogen-bond acceptors (Lipinski definition) is 4. The van der Waals surface area contributed by atoms with Gasteiger partial charge in [0.15, 0.2) is 0 Å². The maximum Gasteiger partial charge on any atom is 0.218 e. The fourth-order valence-electron chi connectivity index (χ4n) is 1.73. The molecule has 1 N–H and O–H groups in total. The molecule has 0 radical (unpaired) electrons. The lowest BCUT2D eigenvalue weighted by atomic mass is 10.3. The molecule has 0 amide bonds. The van der Waals surface area contributed by atoms with E-state index in [0.29, 0.717) is 11.8 Å². The SMILES string of the molecule is CCCCNc1cc(OCCC)nc(C2CC2)n1. The Morgan fingerprint density at radius 1 is 1.28 bits per heavy atom. The number of hydrogen-bond donors (Lipinski definition) is 1. The van der Waals surface area contributed by atoms with Crippen LogP contribution in [0.15, 0.2) is 6.07 Å². The highest BCUT2D eigenvalue weighted by Crippen LogP contribution is 2.39. The number of aromatic nitrogens is 2. The molecule has 1 saturated carbocycles. The lowest BCUT2D eigenvalue weighted by Crippen LogP contribution is -2.07. The second kappa shape index (κ2) is 6.57. The van der Waals surface area contributed by atoms with Crippen LogP contribution in [-0.4, -0.2) is 23.1 Å². The Morgan fingerprint density at radius 2 is 2.11 bits per heavy atom. The van der Waals surface area contributed by atoms with Crippen LogP contribution in [0, 0.1) is 0 Å². The number of nitrogens with zero attached hydrogens (tertiary/aromatic N) is 2. The summed E-state index contributed by atoms with van der Waals surface area (Å²) in [6.45, 7) is 5.97. The maximum atomic E-state index is 5.63. The molecule has 18 heavy (non-hydrogen) atoms. The average molecular weight is 249 g/mol. The van der Waals surface area contributed by atoms with E-state index in [2.05, 4.69) is 29.1 Å². The molecule has 100 valence electrons. The lowest BCUT2D eigenvalue weighted by molar-refractivity contribution is 0.303. The molecule has 1 aliphatic rings. The van der Waals surface area contributed by atoms with Crippen molar-refractivity contribution in [2.75, 3.05) is 18.5 Å².